The summed E-state index contributed by atoms with van der Waals surface area (Å²) in [6, 6.07) is 4.37. The second kappa shape index (κ2) is 5.55. The Hall–Kier alpha value is -1.76. The Morgan fingerprint density at radius 2 is 2.05 bits per heavy atom. The van der Waals surface area contributed by atoms with Gasteiger partial charge in [0.25, 0.3) is 0 Å². The van der Waals surface area contributed by atoms with Gasteiger partial charge in [0.15, 0.2) is 5.60 Å². The number of hydrogen-bond donors (Lipinski definition) is 0. The van der Waals surface area contributed by atoms with Crippen LogP contribution >= 0.6 is 0 Å². The van der Waals surface area contributed by atoms with Crippen molar-refractivity contribution in [3.05, 3.63) is 23.8 Å². The van der Waals surface area contributed by atoms with Gasteiger partial charge in [-0.3, -0.25) is 0 Å². The number of aliphatic imine (C=N–C) groups is 1. The van der Waals surface area contributed by atoms with Crippen LogP contribution in [0.4, 0.5) is 18.9 Å². The molecule has 7 heteroatoms. The maximum absolute atomic E-state index is 13.3. The molecule has 1 saturated heterocycles. The van der Waals surface area contributed by atoms with Crippen molar-refractivity contribution in [3.63, 3.8) is 0 Å². The minimum absolute atomic E-state index is 0.00690. The highest BCUT2D eigenvalue weighted by molar-refractivity contribution is 5.62. The van der Waals surface area contributed by atoms with Crippen LogP contribution in [0.15, 0.2) is 23.2 Å². The molecule has 0 radical (unpaired) electrons. The molecule has 116 valence electrons. The first-order valence-electron chi connectivity index (χ1n) is 6.40. The summed E-state index contributed by atoms with van der Waals surface area (Å²) in [4.78, 5) is 5.87. The van der Waals surface area contributed by atoms with Gasteiger partial charge in [0, 0.05) is 32.1 Å². The molecule has 1 heterocycles. The topological polar surface area (TPSA) is 34.1 Å². The van der Waals surface area contributed by atoms with Crippen molar-refractivity contribution in [2.45, 2.75) is 18.2 Å². The van der Waals surface area contributed by atoms with Gasteiger partial charge in [-0.2, -0.15) is 13.2 Å². The van der Waals surface area contributed by atoms with Crippen LogP contribution in [0.1, 0.15) is 12.0 Å². The van der Waals surface area contributed by atoms with Crippen LogP contribution < -0.4 is 4.74 Å². The lowest BCUT2D eigenvalue weighted by atomic mass is 9.85. The highest BCUT2D eigenvalue weighted by atomic mass is 19.4. The van der Waals surface area contributed by atoms with E-state index in [-0.39, 0.29) is 24.3 Å². The molecule has 2 rings (SSSR count). The van der Waals surface area contributed by atoms with Crippen molar-refractivity contribution in [1.29, 1.82) is 0 Å². The minimum atomic E-state index is -4.48. The van der Waals surface area contributed by atoms with Crippen molar-refractivity contribution >= 4 is 12.0 Å². The third kappa shape index (κ3) is 2.83. The van der Waals surface area contributed by atoms with Gasteiger partial charge in [-0.25, -0.2) is 4.99 Å². The zero-order valence-corrected chi connectivity index (χ0v) is 12.1. The smallest absolute Gasteiger partial charge is 0.421 e. The van der Waals surface area contributed by atoms with E-state index in [1.165, 1.54) is 25.3 Å². The SMILES string of the molecule is COc1cc(/N=C/N(C)C)ccc1C1(C(F)(F)F)CCO1. The van der Waals surface area contributed by atoms with Crippen LogP contribution in [-0.2, 0) is 10.3 Å². The molecule has 0 bridgehead atoms. The van der Waals surface area contributed by atoms with E-state index >= 15 is 0 Å². The lowest BCUT2D eigenvalue weighted by Crippen LogP contribution is -2.52. The molecule has 1 aliphatic rings. The molecule has 0 saturated carbocycles. The summed E-state index contributed by atoms with van der Waals surface area (Å²) in [5.41, 5.74) is -1.75. The molecule has 21 heavy (non-hydrogen) atoms. The number of benzene rings is 1. The summed E-state index contributed by atoms with van der Waals surface area (Å²) in [5.74, 6) is 0.125. The van der Waals surface area contributed by atoms with Gasteiger partial charge in [0.05, 0.1) is 25.7 Å². The predicted molar refractivity (Wildman–Crippen MR) is 73.1 cm³/mol. The van der Waals surface area contributed by atoms with E-state index in [1.54, 1.807) is 25.3 Å². The van der Waals surface area contributed by atoms with Gasteiger partial charge < -0.3 is 14.4 Å². The average Bonchev–Trinajstić information content (AvgIpc) is 2.34. The number of rotatable bonds is 4. The Labute approximate surface area is 121 Å². The van der Waals surface area contributed by atoms with E-state index in [0.717, 1.165) is 0 Å². The summed E-state index contributed by atoms with van der Waals surface area (Å²) >= 11 is 0. The van der Waals surface area contributed by atoms with E-state index in [4.69, 9.17) is 9.47 Å². The molecule has 0 aromatic heterocycles. The number of methoxy groups -OCH3 is 1. The number of alkyl halides is 3. The minimum Gasteiger partial charge on any atom is -0.496 e. The molecule has 1 unspecified atom stereocenters. The third-order valence-electron chi connectivity index (χ3n) is 3.32. The van der Waals surface area contributed by atoms with E-state index in [0.29, 0.717) is 5.69 Å². The fourth-order valence-corrected chi connectivity index (χ4v) is 2.17. The molecular weight excluding hydrogens is 285 g/mol. The second-order valence-electron chi connectivity index (χ2n) is 5.02. The summed E-state index contributed by atoms with van der Waals surface area (Å²) in [6.07, 6.45) is -3.02. The maximum Gasteiger partial charge on any atom is 0.421 e. The highest BCUT2D eigenvalue weighted by Gasteiger charge is 2.62. The fraction of sp³-hybridized carbons (Fsp3) is 0.500. The Morgan fingerprint density at radius 1 is 1.38 bits per heavy atom. The van der Waals surface area contributed by atoms with Crippen molar-refractivity contribution < 1.29 is 22.6 Å². The molecule has 0 aliphatic carbocycles. The molecular formula is C14H17F3N2O2. The lowest BCUT2D eigenvalue weighted by Gasteiger charge is -2.43. The van der Waals surface area contributed by atoms with Crippen LogP contribution in [-0.4, -0.2) is 45.2 Å². The molecule has 0 spiro atoms. The van der Waals surface area contributed by atoms with Crippen LogP contribution in [0, 0.1) is 0 Å². The fourth-order valence-electron chi connectivity index (χ4n) is 2.17. The largest absolute Gasteiger partial charge is 0.496 e. The number of ether oxygens (including phenoxy) is 2. The van der Waals surface area contributed by atoms with Gasteiger partial charge in [-0.05, 0) is 12.1 Å². The Balaban J connectivity index is 2.41. The monoisotopic (exact) mass is 302 g/mol. The van der Waals surface area contributed by atoms with Gasteiger partial charge in [0.1, 0.15) is 5.75 Å². The zero-order valence-electron chi connectivity index (χ0n) is 12.1. The lowest BCUT2D eigenvalue weighted by molar-refractivity contribution is -0.333. The number of hydrogen-bond acceptors (Lipinski definition) is 3. The first kappa shape index (κ1) is 15.6. The molecule has 0 amide bonds. The number of halogens is 3. The Kier molecular flexibility index (Phi) is 4.13. The van der Waals surface area contributed by atoms with Crippen LogP contribution in [0.3, 0.4) is 0 Å². The van der Waals surface area contributed by atoms with E-state index in [1.807, 2.05) is 0 Å². The molecule has 4 nitrogen and oxygen atoms in total. The molecule has 0 N–H and O–H groups in total. The normalized spacial score (nSPS) is 22.2. The maximum atomic E-state index is 13.3. The summed E-state index contributed by atoms with van der Waals surface area (Å²) in [7, 11) is 4.94. The van der Waals surface area contributed by atoms with Crippen molar-refractivity contribution in [3.8, 4) is 5.75 Å². The molecule has 1 aliphatic heterocycles. The molecule has 1 fully saturated rings. The van der Waals surface area contributed by atoms with E-state index in [2.05, 4.69) is 4.99 Å². The standard InChI is InChI=1S/C14H17F3N2O2/c1-19(2)9-18-10-4-5-11(12(8-10)20-3)13(6-7-21-13)14(15,16)17/h4-5,8-9H,6-7H2,1-3H3/b18-9+. The zero-order chi connectivity index (χ0) is 15.7. The predicted octanol–water partition coefficient (Wildman–Crippen LogP) is 3.09. The van der Waals surface area contributed by atoms with Crippen molar-refractivity contribution in [1.82, 2.24) is 4.90 Å². The van der Waals surface area contributed by atoms with Crippen molar-refractivity contribution in [2.24, 2.45) is 4.99 Å². The van der Waals surface area contributed by atoms with Crippen molar-refractivity contribution in [2.75, 3.05) is 27.8 Å². The third-order valence-corrected chi connectivity index (χ3v) is 3.32. The van der Waals surface area contributed by atoms with E-state index in [9.17, 15) is 13.2 Å². The van der Waals surface area contributed by atoms with Crippen LogP contribution in [0.2, 0.25) is 0 Å². The first-order chi connectivity index (χ1) is 9.80. The van der Waals surface area contributed by atoms with E-state index < -0.39 is 11.8 Å². The van der Waals surface area contributed by atoms with Crippen LogP contribution in [0.25, 0.3) is 0 Å². The van der Waals surface area contributed by atoms with Gasteiger partial charge in [0.2, 0.25) is 0 Å². The second-order valence-corrected chi connectivity index (χ2v) is 5.02. The molecule has 1 aromatic rings. The quantitative estimate of drug-likeness (QED) is 0.633. The van der Waals surface area contributed by atoms with Gasteiger partial charge >= 0.3 is 6.18 Å². The van der Waals surface area contributed by atoms with Crippen LogP contribution in [0.5, 0.6) is 5.75 Å². The summed E-state index contributed by atoms with van der Waals surface area (Å²) < 4.78 is 49.9. The highest BCUT2D eigenvalue weighted by Crippen LogP contribution is 2.53. The van der Waals surface area contributed by atoms with Gasteiger partial charge in [-0.1, -0.05) is 0 Å². The number of nitrogens with zero attached hydrogens (tertiary/aromatic N) is 2. The molecule has 1 aromatic carbocycles. The summed E-state index contributed by atoms with van der Waals surface area (Å²) in [5, 5.41) is 0. The first-order valence-corrected chi connectivity index (χ1v) is 6.40. The Bertz CT molecular complexity index is 538. The Morgan fingerprint density at radius 3 is 2.48 bits per heavy atom. The summed E-state index contributed by atoms with van der Waals surface area (Å²) in [6.45, 7) is 0.0865. The average molecular weight is 302 g/mol. The molecule has 1 atom stereocenters. The van der Waals surface area contributed by atoms with Gasteiger partial charge in [-0.15, -0.1) is 0 Å².